The third-order valence-electron chi connectivity index (χ3n) is 1.11. The van der Waals surface area contributed by atoms with Crippen LogP contribution in [0.2, 0.25) is 0 Å². The lowest BCUT2D eigenvalue weighted by atomic mass is 10.8. The van der Waals surface area contributed by atoms with Crippen LogP contribution in [0.4, 0.5) is 0 Å². The first-order chi connectivity index (χ1) is 3.84. The van der Waals surface area contributed by atoms with E-state index in [9.17, 15) is 5.21 Å². The summed E-state index contributed by atoms with van der Waals surface area (Å²) in [5.41, 5.74) is 2.34. The summed E-state index contributed by atoms with van der Waals surface area (Å²) in [5.74, 6) is 0. The molecule has 0 aromatic carbocycles. The highest BCUT2D eigenvalue weighted by atomic mass is 17.0. The minimum absolute atomic E-state index is 0.118. The Kier molecular flexibility index (Phi) is 1.80. The van der Waals surface area contributed by atoms with Crippen LogP contribution in [0.15, 0.2) is 0 Å². The molecule has 0 heterocycles. The summed E-state index contributed by atoms with van der Waals surface area (Å²) in [6, 6.07) is 0.197. The summed E-state index contributed by atoms with van der Waals surface area (Å²) in [6.07, 6.45) is 2.00. The predicted octanol–water partition coefficient (Wildman–Crippen LogP) is -1.40. The van der Waals surface area contributed by atoms with Gasteiger partial charge in [0.2, 0.25) is 0 Å². The molecule has 0 saturated heterocycles. The number of rotatable bonds is 3. The van der Waals surface area contributed by atoms with Gasteiger partial charge in [-0.1, -0.05) is 0 Å². The Labute approximate surface area is 47.9 Å². The molecule has 0 aromatic heterocycles. The molecule has 8 heavy (non-hydrogen) atoms. The normalized spacial score (nSPS) is 23.2. The fraction of sp³-hybridized carbons (Fsp3) is 1.00. The van der Waals surface area contributed by atoms with Crippen LogP contribution in [0, 0.1) is 5.21 Å². The van der Waals surface area contributed by atoms with Gasteiger partial charge in [0.15, 0.2) is 0 Å². The molecular formula is C4H10N2O2. The van der Waals surface area contributed by atoms with Crippen molar-refractivity contribution in [2.24, 2.45) is 0 Å². The van der Waals surface area contributed by atoms with Gasteiger partial charge in [-0.25, -0.2) is 5.23 Å². The molecule has 0 aromatic rings. The molecular weight excluding hydrogens is 108 g/mol. The summed E-state index contributed by atoms with van der Waals surface area (Å²) < 4.78 is 0. The summed E-state index contributed by atoms with van der Waals surface area (Å²) in [5, 5.41) is 10.4. The van der Waals surface area contributed by atoms with Crippen LogP contribution in [-0.4, -0.2) is 13.1 Å². The molecule has 0 bridgehead atoms. The fourth-order valence-electron chi connectivity index (χ4n) is 0.503. The van der Waals surface area contributed by atoms with Gasteiger partial charge in [-0.15, -0.1) is 4.94 Å². The van der Waals surface area contributed by atoms with Gasteiger partial charge in [0.05, 0.1) is 0 Å². The lowest BCUT2D eigenvalue weighted by Crippen LogP contribution is -3.08. The van der Waals surface area contributed by atoms with Crippen molar-refractivity contribution >= 4 is 0 Å². The third kappa shape index (κ3) is 1.41. The molecule has 2 N–H and O–H groups in total. The average Bonchev–Trinajstić information content (AvgIpc) is 2.45. The van der Waals surface area contributed by atoms with Gasteiger partial charge in [0.25, 0.3) is 0 Å². The number of quaternary nitrogens is 1. The summed E-state index contributed by atoms with van der Waals surface area (Å²) in [7, 11) is 1.58. The molecule has 1 saturated carbocycles. The second-order valence-corrected chi connectivity index (χ2v) is 1.90. The van der Waals surface area contributed by atoms with Gasteiger partial charge in [0, 0.05) is 19.9 Å². The Balaban J connectivity index is 2.03. The summed E-state index contributed by atoms with van der Waals surface area (Å²) in [6.45, 7) is 0. The minimum atomic E-state index is -0.118. The molecule has 0 amide bonds. The van der Waals surface area contributed by atoms with Crippen LogP contribution >= 0.6 is 0 Å². The topological polar surface area (TPSA) is 48.8 Å². The highest BCUT2D eigenvalue weighted by Gasteiger charge is 2.29. The van der Waals surface area contributed by atoms with Crippen molar-refractivity contribution in [3.8, 4) is 0 Å². The molecule has 1 fully saturated rings. The number of hydroxylamine groups is 3. The first-order valence-corrected chi connectivity index (χ1v) is 2.72. The van der Waals surface area contributed by atoms with Gasteiger partial charge < -0.3 is 5.21 Å². The highest BCUT2D eigenvalue weighted by molar-refractivity contribution is 4.69. The van der Waals surface area contributed by atoms with Gasteiger partial charge in [-0.3, -0.25) is 0 Å². The monoisotopic (exact) mass is 118 g/mol. The van der Waals surface area contributed by atoms with Crippen molar-refractivity contribution in [2.45, 2.75) is 18.9 Å². The maximum Gasteiger partial charge on any atom is 0.119 e. The maximum atomic E-state index is 10.5. The third-order valence-corrected chi connectivity index (χ3v) is 1.11. The standard InChI is InChI=1S/C4H10N2O2/c1-5-8-6(7)4-2-3-4/h4-6H,2-3H2,1H3. The maximum absolute atomic E-state index is 10.5. The SMILES string of the molecule is CNO[NH+]([O-])C1CC1. The molecule has 48 valence electrons. The van der Waals surface area contributed by atoms with E-state index in [0.717, 1.165) is 12.8 Å². The van der Waals surface area contributed by atoms with Crippen molar-refractivity contribution in [2.75, 3.05) is 7.05 Å². The Morgan fingerprint density at radius 2 is 2.38 bits per heavy atom. The van der Waals surface area contributed by atoms with E-state index in [1.54, 1.807) is 7.05 Å². The summed E-state index contributed by atoms with van der Waals surface area (Å²) >= 11 is 0. The Morgan fingerprint density at radius 3 is 2.75 bits per heavy atom. The molecule has 4 nitrogen and oxygen atoms in total. The van der Waals surface area contributed by atoms with Crippen molar-refractivity contribution in [3.05, 3.63) is 5.21 Å². The fourth-order valence-corrected chi connectivity index (χ4v) is 0.503. The quantitative estimate of drug-likeness (QED) is 0.448. The molecule has 1 unspecified atom stereocenters. The zero-order valence-corrected chi connectivity index (χ0v) is 4.81. The van der Waals surface area contributed by atoms with E-state index in [1.165, 1.54) is 0 Å². The zero-order chi connectivity index (χ0) is 5.98. The number of nitrogens with one attached hydrogen (secondary N) is 2. The van der Waals surface area contributed by atoms with Crippen LogP contribution in [-0.2, 0) is 4.94 Å². The van der Waals surface area contributed by atoms with Crippen molar-refractivity contribution in [1.29, 1.82) is 0 Å². The molecule has 1 aliphatic rings. The molecule has 0 radical (unpaired) electrons. The molecule has 0 aliphatic heterocycles. The summed E-state index contributed by atoms with van der Waals surface area (Å²) in [4.78, 5) is 4.48. The second-order valence-electron chi connectivity index (χ2n) is 1.90. The van der Waals surface area contributed by atoms with Crippen LogP contribution in [0.25, 0.3) is 0 Å². The molecule has 0 spiro atoms. The molecule has 1 aliphatic carbocycles. The van der Waals surface area contributed by atoms with Crippen LogP contribution in [0.3, 0.4) is 0 Å². The highest BCUT2D eigenvalue weighted by Crippen LogP contribution is 2.14. The first kappa shape index (κ1) is 5.97. The largest absolute Gasteiger partial charge is 0.598 e. The van der Waals surface area contributed by atoms with E-state index >= 15 is 0 Å². The lowest BCUT2D eigenvalue weighted by molar-refractivity contribution is -1.07. The van der Waals surface area contributed by atoms with Crippen molar-refractivity contribution in [1.82, 2.24) is 5.48 Å². The second kappa shape index (κ2) is 2.41. The van der Waals surface area contributed by atoms with E-state index < -0.39 is 0 Å². The van der Waals surface area contributed by atoms with Gasteiger partial charge in [-0.2, -0.15) is 5.48 Å². The van der Waals surface area contributed by atoms with Gasteiger partial charge in [-0.05, 0) is 0 Å². The van der Waals surface area contributed by atoms with Crippen molar-refractivity contribution < 1.29 is 10.2 Å². The Morgan fingerprint density at radius 1 is 1.75 bits per heavy atom. The lowest BCUT2D eigenvalue weighted by Gasteiger charge is -2.16. The molecule has 1 rings (SSSR count). The van der Waals surface area contributed by atoms with E-state index in [2.05, 4.69) is 10.4 Å². The number of hydrogen-bond acceptors (Lipinski definition) is 3. The van der Waals surface area contributed by atoms with E-state index in [-0.39, 0.29) is 11.3 Å². The van der Waals surface area contributed by atoms with E-state index in [4.69, 9.17) is 0 Å². The average molecular weight is 118 g/mol. The zero-order valence-electron chi connectivity index (χ0n) is 4.81. The van der Waals surface area contributed by atoms with Gasteiger partial charge >= 0.3 is 0 Å². The predicted molar refractivity (Wildman–Crippen MR) is 27.5 cm³/mol. The van der Waals surface area contributed by atoms with Gasteiger partial charge in [0.1, 0.15) is 6.04 Å². The van der Waals surface area contributed by atoms with Crippen LogP contribution in [0.1, 0.15) is 12.8 Å². The smallest absolute Gasteiger partial charge is 0.119 e. The Hall–Kier alpha value is -0.160. The molecule has 4 heteroatoms. The Bertz CT molecular complexity index is 74.4. The minimum Gasteiger partial charge on any atom is -0.598 e. The van der Waals surface area contributed by atoms with E-state index in [1.807, 2.05) is 0 Å². The molecule has 1 atom stereocenters. The van der Waals surface area contributed by atoms with Crippen molar-refractivity contribution in [3.63, 3.8) is 0 Å². The first-order valence-electron chi connectivity index (χ1n) is 2.72. The number of hydrogen-bond donors (Lipinski definition) is 2. The van der Waals surface area contributed by atoms with E-state index in [0.29, 0.717) is 0 Å². The van der Waals surface area contributed by atoms with Crippen LogP contribution in [0.5, 0.6) is 0 Å². The van der Waals surface area contributed by atoms with Crippen LogP contribution < -0.4 is 10.7 Å².